The Bertz CT molecular complexity index is 1300. The van der Waals surface area contributed by atoms with E-state index >= 15 is 0 Å². The van der Waals surface area contributed by atoms with E-state index in [0.29, 0.717) is 50.7 Å². The molecule has 2 aromatic heterocycles. The zero-order chi connectivity index (χ0) is 23.7. The van der Waals surface area contributed by atoms with Gasteiger partial charge in [-0.3, -0.25) is 18.8 Å². The fraction of sp³-hybridized carbons (Fsp3) is 0.455. The highest BCUT2D eigenvalue weighted by atomic mass is 19.1. The van der Waals surface area contributed by atoms with Crippen LogP contribution in [0.2, 0.25) is 0 Å². The molecule has 0 radical (unpaired) electrons. The van der Waals surface area contributed by atoms with Gasteiger partial charge in [-0.1, -0.05) is 18.2 Å². The highest BCUT2D eigenvalue weighted by Crippen LogP contribution is 2.18. The second-order valence-electron chi connectivity index (χ2n) is 8.05. The van der Waals surface area contributed by atoms with Crippen LogP contribution >= 0.6 is 0 Å². The van der Waals surface area contributed by atoms with Gasteiger partial charge in [0.15, 0.2) is 11.2 Å². The summed E-state index contributed by atoms with van der Waals surface area (Å²) in [5.41, 5.74) is -0.0170. The van der Waals surface area contributed by atoms with Gasteiger partial charge < -0.3 is 14.2 Å². The predicted octanol–water partition coefficient (Wildman–Crippen LogP) is 0.895. The maximum Gasteiger partial charge on any atom is 0.409 e. The van der Waals surface area contributed by atoms with E-state index in [2.05, 4.69) is 9.88 Å². The summed E-state index contributed by atoms with van der Waals surface area (Å²) in [6.45, 7) is 4.79. The zero-order valence-electron chi connectivity index (χ0n) is 19.0. The number of hydrogen-bond acceptors (Lipinski definition) is 6. The summed E-state index contributed by atoms with van der Waals surface area (Å²) in [4.78, 5) is 45.8. The summed E-state index contributed by atoms with van der Waals surface area (Å²) in [5, 5.41) is 0. The molecule has 3 aromatic rings. The molecule has 11 heteroatoms. The topological polar surface area (TPSA) is 94.6 Å². The average Bonchev–Trinajstić information content (AvgIpc) is 3.16. The van der Waals surface area contributed by atoms with Gasteiger partial charge in [0, 0.05) is 45.8 Å². The van der Waals surface area contributed by atoms with Gasteiger partial charge in [-0.05, 0) is 13.0 Å². The van der Waals surface area contributed by atoms with Crippen molar-refractivity contribution in [3.8, 4) is 0 Å². The van der Waals surface area contributed by atoms with Crippen molar-refractivity contribution in [1.82, 2.24) is 28.5 Å². The predicted molar refractivity (Wildman–Crippen MR) is 120 cm³/mol. The van der Waals surface area contributed by atoms with Crippen molar-refractivity contribution >= 4 is 17.3 Å². The minimum atomic E-state index is -0.477. The number of amides is 1. The third-order valence-corrected chi connectivity index (χ3v) is 5.98. The number of carbonyl (C=O) groups excluding carboxylic acids is 1. The van der Waals surface area contributed by atoms with E-state index in [-0.39, 0.29) is 29.6 Å². The summed E-state index contributed by atoms with van der Waals surface area (Å²) in [6.07, 6.45) is -0.331. The molecule has 1 aromatic carbocycles. The highest BCUT2D eigenvalue weighted by Gasteiger charge is 2.25. The Morgan fingerprint density at radius 3 is 2.42 bits per heavy atom. The molecule has 1 fully saturated rings. The first-order valence-electron chi connectivity index (χ1n) is 10.8. The van der Waals surface area contributed by atoms with Crippen LogP contribution in [0.5, 0.6) is 0 Å². The van der Waals surface area contributed by atoms with Crippen molar-refractivity contribution in [2.45, 2.75) is 20.0 Å². The number of hydrogen-bond donors (Lipinski definition) is 0. The molecule has 0 saturated carbocycles. The van der Waals surface area contributed by atoms with E-state index in [4.69, 9.17) is 4.74 Å². The Labute approximate surface area is 189 Å². The molecule has 0 bridgehead atoms. The number of fused-ring (bicyclic) bond motifs is 1. The summed E-state index contributed by atoms with van der Waals surface area (Å²) in [6, 6.07) is 6.38. The standard InChI is InChI=1S/C22H27FN6O4/c1-4-33-22(32)28-11-9-27(10-12-28)14-17-24-19-18(20(30)26(3)21(31)25(19)2)29(17)13-15-7-5-6-8-16(15)23/h5-8H,4,9-14H2,1-3H3. The molecule has 0 spiro atoms. The molecule has 33 heavy (non-hydrogen) atoms. The number of carbonyl (C=O) groups is 1. The molecule has 1 saturated heterocycles. The first kappa shape index (κ1) is 22.7. The lowest BCUT2D eigenvalue weighted by atomic mass is 10.2. The first-order valence-corrected chi connectivity index (χ1v) is 10.8. The van der Waals surface area contributed by atoms with Crippen molar-refractivity contribution in [1.29, 1.82) is 0 Å². The number of aromatic nitrogens is 4. The van der Waals surface area contributed by atoms with E-state index in [1.165, 1.54) is 17.7 Å². The van der Waals surface area contributed by atoms with E-state index in [1.54, 1.807) is 41.6 Å². The van der Waals surface area contributed by atoms with Crippen LogP contribution < -0.4 is 11.2 Å². The van der Waals surface area contributed by atoms with Crippen molar-refractivity contribution in [3.63, 3.8) is 0 Å². The van der Waals surface area contributed by atoms with Gasteiger partial charge in [0.25, 0.3) is 5.56 Å². The van der Waals surface area contributed by atoms with Crippen LogP contribution in [-0.2, 0) is 31.9 Å². The summed E-state index contributed by atoms with van der Waals surface area (Å²) >= 11 is 0. The molecular weight excluding hydrogens is 431 g/mol. The first-order chi connectivity index (χ1) is 15.8. The summed E-state index contributed by atoms with van der Waals surface area (Å²) in [7, 11) is 2.98. The lowest BCUT2D eigenvalue weighted by molar-refractivity contribution is 0.0769. The van der Waals surface area contributed by atoms with E-state index in [1.807, 2.05) is 0 Å². The molecule has 1 aliphatic heterocycles. The van der Waals surface area contributed by atoms with Gasteiger partial charge in [-0.15, -0.1) is 0 Å². The number of imidazole rings is 1. The third-order valence-electron chi connectivity index (χ3n) is 5.98. The quantitative estimate of drug-likeness (QED) is 0.564. The second kappa shape index (κ2) is 9.18. The Morgan fingerprint density at radius 2 is 1.76 bits per heavy atom. The van der Waals surface area contributed by atoms with Gasteiger partial charge >= 0.3 is 11.8 Å². The number of ether oxygens (including phenoxy) is 1. The van der Waals surface area contributed by atoms with Crippen LogP contribution in [0.3, 0.4) is 0 Å². The smallest absolute Gasteiger partial charge is 0.409 e. The van der Waals surface area contributed by atoms with E-state index in [0.717, 1.165) is 4.57 Å². The fourth-order valence-corrected chi connectivity index (χ4v) is 4.08. The van der Waals surface area contributed by atoms with Crippen LogP contribution in [0.1, 0.15) is 18.3 Å². The maximum atomic E-state index is 14.4. The lowest BCUT2D eigenvalue weighted by Crippen LogP contribution is -2.48. The minimum absolute atomic E-state index is 0.106. The number of rotatable bonds is 5. The van der Waals surface area contributed by atoms with Crippen molar-refractivity contribution in [2.75, 3.05) is 32.8 Å². The normalized spacial score (nSPS) is 14.7. The summed E-state index contributed by atoms with van der Waals surface area (Å²) < 4.78 is 23.6. The van der Waals surface area contributed by atoms with Crippen LogP contribution in [0, 0.1) is 5.82 Å². The van der Waals surface area contributed by atoms with Gasteiger partial charge in [-0.25, -0.2) is 19.0 Å². The Hall–Kier alpha value is -3.47. The molecule has 10 nitrogen and oxygen atoms in total. The van der Waals surface area contributed by atoms with Crippen molar-refractivity contribution in [2.24, 2.45) is 14.1 Å². The zero-order valence-corrected chi connectivity index (χ0v) is 19.0. The molecule has 0 N–H and O–H groups in total. The SMILES string of the molecule is CCOC(=O)N1CCN(Cc2nc3c(c(=O)n(C)c(=O)n3C)n2Cc2ccccc2F)CC1. The maximum absolute atomic E-state index is 14.4. The Kier molecular flexibility index (Phi) is 6.32. The Balaban J connectivity index is 1.71. The van der Waals surface area contributed by atoms with E-state index < -0.39 is 11.2 Å². The van der Waals surface area contributed by atoms with Gasteiger partial charge in [0.1, 0.15) is 11.6 Å². The summed E-state index contributed by atoms with van der Waals surface area (Å²) in [5.74, 6) is 0.172. The molecule has 0 unspecified atom stereocenters. The molecule has 176 valence electrons. The molecule has 1 amide bonds. The minimum Gasteiger partial charge on any atom is -0.450 e. The molecular formula is C22H27FN6O4. The third kappa shape index (κ3) is 4.28. The van der Waals surface area contributed by atoms with Crippen molar-refractivity contribution in [3.05, 3.63) is 62.3 Å². The molecule has 3 heterocycles. The van der Waals surface area contributed by atoms with E-state index in [9.17, 15) is 18.8 Å². The molecule has 0 atom stereocenters. The number of nitrogens with zero attached hydrogens (tertiary/aromatic N) is 6. The number of benzene rings is 1. The van der Waals surface area contributed by atoms with Crippen molar-refractivity contribution < 1.29 is 13.9 Å². The van der Waals surface area contributed by atoms with Gasteiger partial charge in [0.2, 0.25) is 0 Å². The molecule has 1 aliphatic rings. The number of aryl methyl sites for hydroxylation is 1. The highest BCUT2D eigenvalue weighted by molar-refractivity contribution is 5.71. The van der Waals surface area contributed by atoms with Crippen LogP contribution in [0.4, 0.5) is 9.18 Å². The molecule has 0 aliphatic carbocycles. The average molecular weight is 458 g/mol. The fourth-order valence-electron chi connectivity index (χ4n) is 4.08. The van der Waals surface area contributed by atoms with Crippen LogP contribution in [0.15, 0.2) is 33.9 Å². The number of halogens is 1. The second-order valence-corrected chi connectivity index (χ2v) is 8.05. The number of piperazine rings is 1. The Morgan fingerprint density at radius 1 is 1.06 bits per heavy atom. The van der Waals surface area contributed by atoms with Crippen LogP contribution in [0.25, 0.3) is 11.2 Å². The van der Waals surface area contributed by atoms with Gasteiger partial charge in [-0.2, -0.15) is 0 Å². The molecule has 4 rings (SSSR count). The largest absolute Gasteiger partial charge is 0.450 e. The van der Waals surface area contributed by atoms with Crippen LogP contribution in [-0.4, -0.2) is 67.4 Å². The van der Waals surface area contributed by atoms with Gasteiger partial charge in [0.05, 0.1) is 19.7 Å². The monoisotopic (exact) mass is 458 g/mol. The lowest BCUT2D eigenvalue weighted by Gasteiger charge is -2.33.